The third-order valence-corrected chi connectivity index (χ3v) is 2.35. The van der Waals surface area contributed by atoms with E-state index in [1.54, 1.807) is 0 Å². The maximum absolute atomic E-state index is 11.2. The molecule has 1 heterocycles. The van der Waals surface area contributed by atoms with Crippen molar-refractivity contribution in [2.45, 2.75) is 6.42 Å². The molecule has 0 aromatic rings. The van der Waals surface area contributed by atoms with E-state index in [-0.39, 0.29) is 11.8 Å². The van der Waals surface area contributed by atoms with Crippen LogP contribution < -0.4 is 5.32 Å². The van der Waals surface area contributed by atoms with E-state index in [1.165, 1.54) is 6.21 Å². The van der Waals surface area contributed by atoms with E-state index in [1.807, 2.05) is 12.2 Å². The van der Waals surface area contributed by atoms with E-state index in [4.69, 9.17) is 5.41 Å². The van der Waals surface area contributed by atoms with E-state index in [2.05, 4.69) is 5.32 Å². The fourth-order valence-electron chi connectivity index (χ4n) is 1.67. The molecule has 0 spiro atoms. The molecule has 0 radical (unpaired) electrons. The second kappa shape index (κ2) is 2.59. The Bertz CT molecular complexity index is 302. The largest absolute Gasteiger partial charge is 0.348 e. The number of carbonyl (C=O) groups excluding carboxylic acids is 1. The van der Waals surface area contributed by atoms with Gasteiger partial charge in [-0.15, -0.1) is 0 Å². The van der Waals surface area contributed by atoms with Gasteiger partial charge < -0.3 is 10.7 Å². The average molecular weight is 162 g/mol. The standard InChI is InChI=1S/C9H10N2O/c10-4-6-2-1-3-7-8(6)5-11-9(7)12/h1,3-4,6,10H,2,5H2,(H,11,12). The quantitative estimate of drug-likeness (QED) is 0.546. The highest BCUT2D eigenvalue weighted by Crippen LogP contribution is 2.26. The summed E-state index contributed by atoms with van der Waals surface area (Å²) in [5.41, 5.74) is 1.85. The molecule has 12 heavy (non-hydrogen) atoms. The van der Waals surface area contributed by atoms with Crippen molar-refractivity contribution in [3.8, 4) is 0 Å². The minimum atomic E-state index is 0.00722. The first-order valence-electron chi connectivity index (χ1n) is 4.01. The molecular formula is C9H10N2O. The molecule has 1 unspecified atom stereocenters. The second-order valence-corrected chi connectivity index (χ2v) is 3.03. The van der Waals surface area contributed by atoms with Gasteiger partial charge in [0.15, 0.2) is 0 Å². The Hall–Kier alpha value is -1.38. The maximum atomic E-state index is 11.2. The topological polar surface area (TPSA) is 53.0 Å². The highest BCUT2D eigenvalue weighted by atomic mass is 16.1. The Morgan fingerprint density at radius 2 is 2.50 bits per heavy atom. The molecule has 0 aromatic heterocycles. The summed E-state index contributed by atoms with van der Waals surface area (Å²) in [6.07, 6.45) is 6.09. The molecule has 3 heteroatoms. The van der Waals surface area contributed by atoms with Gasteiger partial charge in [0.1, 0.15) is 0 Å². The first-order valence-corrected chi connectivity index (χ1v) is 4.01. The first-order chi connectivity index (χ1) is 5.83. The van der Waals surface area contributed by atoms with Crippen molar-refractivity contribution in [3.63, 3.8) is 0 Å². The maximum Gasteiger partial charge on any atom is 0.251 e. The number of allylic oxidation sites excluding steroid dienone is 1. The fourth-order valence-corrected chi connectivity index (χ4v) is 1.67. The first kappa shape index (κ1) is 7.28. The molecule has 1 aliphatic carbocycles. The lowest BCUT2D eigenvalue weighted by Crippen LogP contribution is -2.17. The zero-order valence-electron chi connectivity index (χ0n) is 6.63. The highest BCUT2D eigenvalue weighted by Gasteiger charge is 2.27. The van der Waals surface area contributed by atoms with Crippen LogP contribution >= 0.6 is 0 Å². The Labute approximate surface area is 70.7 Å². The lowest BCUT2D eigenvalue weighted by Gasteiger charge is -2.14. The monoisotopic (exact) mass is 162 g/mol. The molecule has 0 saturated carbocycles. The number of rotatable bonds is 1. The van der Waals surface area contributed by atoms with Gasteiger partial charge >= 0.3 is 0 Å². The number of nitrogens with one attached hydrogen (secondary N) is 2. The van der Waals surface area contributed by atoms with Crippen LogP contribution in [0.1, 0.15) is 6.42 Å². The lowest BCUT2D eigenvalue weighted by atomic mass is 9.89. The van der Waals surface area contributed by atoms with E-state index >= 15 is 0 Å². The van der Waals surface area contributed by atoms with Crippen LogP contribution in [0.15, 0.2) is 23.3 Å². The van der Waals surface area contributed by atoms with Crippen molar-refractivity contribution in [1.82, 2.24) is 5.32 Å². The third kappa shape index (κ3) is 0.897. The van der Waals surface area contributed by atoms with E-state index in [0.29, 0.717) is 6.54 Å². The van der Waals surface area contributed by atoms with E-state index in [9.17, 15) is 4.79 Å². The van der Waals surface area contributed by atoms with Gasteiger partial charge in [-0.05, 0) is 12.0 Å². The van der Waals surface area contributed by atoms with Gasteiger partial charge in [-0.1, -0.05) is 12.2 Å². The molecule has 0 saturated heterocycles. The predicted molar refractivity (Wildman–Crippen MR) is 46.1 cm³/mol. The zero-order chi connectivity index (χ0) is 8.55. The smallest absolute Gasteiger partial charge is 0.251 e. The van der Waals surface area contributed by atoms with Crippen molar-refractivity contribution in [2.75, 3.05) is 6.54 Å². The minimum Gasteiger partial charge on any atom is -0.348 e. The van der Waals surface area contributed by atoms with Crippen molar-refractivity contribution < 1.29 is 4.79 Å². The summed E-state index contributed by atoms with van der Waals surface area (Å²) in [4.78, 5) is 11.2. The fraction of sp³-hybridized carbons (Fsp3) is 0.333. The summed E-state index contributed by atoms with van der Waals surface area (Å²) >= 11 is 0. The molecule has 0 fully saturated rings. The van der Waals surface area contributed by atoms with Gasteiger partial charge in [0, 0.05) is 24.3 Å². The Morgan fingerprint density at radius 3 is 3.25 bits per heavy atom. The summed E-state index contributed by atoms with van der Waals surface area (Å²) in [7, 11) is 0. The van der Waals surface area contributed by atoms with Gasteiger partial charge in [0.25, 0.3) is 5.91 Å². The molecule has 62 valence electrons. The van der Waals surface area contributed by atoms with Crippen LogP contribution in [0.25, 0.3) is 0 Å². The molecular weight excluding hydrogens is 152 g/mol. The summed E-state index contributed by atoms with van der Waals surface area (Å²) < 4.78 is 0. The SMILES string of the molecule is N=CC1CC=CC2=C1CNC2=O. The number of amides is 1. The Balaban J connectivity index is 2.39. The highest BCUT2D eigenvalue weighted by molar-refractivity contribution is 6.00. The van der Waals surface area contributed by atoms with E-state index < -0.39 is 0 Å². The normalized spacial score (nSPS) is 27.0. The predicted octanol–water partition coefficient (Wildman–Crippen LogP) is 0.638. The van der Waals surface area contributed by atoms with Crippen molar-refractivity contribution in [1.29, 1.82) is 5.41 Å². The van der Waals surface area contributed by atoms with Crippen LogP contribution in [0, 0.1) is 11.3 Å². The van der Waals surface area contributed by atoms with Crippen molar-refractivity contribution >= 4 is 12.1 Å². The van der Waals surface area contributed by atoms with Gasteiger partial charge in [-0.3, -0.25) is 4.79 Å². The summed E-state index contributed by atoms with van der Waals surface area (Å²) in [6, 6.07) is 0. The van der Waals surface area contributed by atoms with Gasteiger partial charge in [0.2, 0.25) is 0 Å². The Kier molecular flexibility index (Phi) is 1.57. The second-order valence-electron chi connectivity index (χ2n) is 3.03. The molecule has 3 nitrogen and oxygen atoms in total. The van der Waals surface area contributed by atoms with Crippen LogP contribution in [0.2, 0.25) is 0 Å². The van der Waals surface area contributed by atoms with Gasteiger partial charge in [-0.25, -0.2) is 0 Å². The number of carbonyl (C=O) groups is 1. The molecule has 0 bridgehead atoms. The molecule has 2 N–H and O–H groups in total. The Morgan fingerprint density at radius 1 is 1.67 bits per heavy atom. The number of hydrogen-bond acceptors (Lipinski definition) is 2. The van der Waals surface area contributed by atoms with Crippen molar-refractivity contribution in [2.24, 2.45) is 5.92 Å². The van der Waals surface area contributed by atoms with Crippen LogP contribution in [0.3, 0.4) is 0 Å². The summed E-state index contributed by atoms with van der Waals surface area (Å²) in [5, 5.41) is 9.94. The van der Waals surface area contributed by atoms with Crippen LogP contribution in [0.5, 0.6) is 0 Å². The molecule has 1 aliphatic heterocycles. The van der Waals surface area contributed by atoms with Crippen LogP contribution in [-0.4, -0.2) is 18.7 Å². The summed E-state index contributed by atoms with van der Waals surface area (Å²) in [6.45, 7) is 0.624. The average Bonchev–Trinajstić information content (AvgIpc) is 2.48. The van der Waals surface area contributed by atoms with Crippen LogP contribution in [-0.2, 0) is 4.79 Å². The summed E-state index contributed by atoms with van der Waals surface area (Å²) in [5.74, 6) is 0.150. The number of hydrogen-bond donors (Lipinski definition) is 2. The van der Waals surface area contributed by atoms with E-state index in [0.717, 1.165) is 17.6 Å². The molecule has 1 atom stereocenters. The molecule has 0 aromatic carbocycles. The van der Waals surface area contributed by atoms with Crippen LogP contribution in [0.4, 0.5) is 0 Å². The minimum absolute atomic E-state index is 0.00722. The third-order valence-electron chi connectivity index (χ3n) is 2.35. The lowest BCUT2D eigenvalue weighted by molar-refractivity contribution is -0.116. The van der Waals surface area contributed by atoms with Gasteiger partial charge in [-0.2, -0.15) is 0 Å². The molecule has 2 aliphatic rings. The molecule has 1 amide bonds. The zero-order valence-corrected chi connectivity index (χ0v) is 6.63. The van der Waals surface area contributed by atoms with Crippen molar-refractivity contribution in [3.05, 3.63) is 23.3 Å². The molecule has 2 rings (SSSR count). The van der Waals surface area contributed by atoms with Gasteiger partial charge in [0.05, 0.1) is 0 Å².